The van der Waals surface area contributed by atoms with Crippen LogP contribution in [0.3, 0.4) is 0 Å². The van der Waals surface area contributed by atoms with Crippen molar-refractivity contribution in [3.63, 3.8) is 0 Å². The first-order valence-corrected chi connectivity index (χ1v) is 5.39. The maximum atomic E-state index is 5.85. The number of hydrogen-bond donors (Lipinski definition) is 1. The summed E-state index contributed by atoms with van der Waals surface area (Å²) in [7, 11) is 0. The van der Waals surface area contributed by atoms with Gasteiger partial charge in [0.15, 0.2) is 0 Å². The van der Waals surface area contributed by atoms with Crippen LogP contribution in [0.4, 0.5) is 0 Å². The Morgan fingerprint density at radius 2 is 2.42 bits per heavy atom. The van der Waals surface area contributed by atoms with Crippen LogP contribution in [0, 0.1) is 5.92 Å². The second-order valence-corrected chi connectivity index (χ2v) is 4.82. The van der Waals surface area contributed by atoms with Crippen molar-refractivity contribution in [1.29, 1.82) is 0 Å². The number of nitrogens with two attached hydrogens (primary N) is 1. The van der Waals surface area contributed by atoms with Crippen molar-refractivity contribution >= 4 is 11.3 Å². The van der Waals surface area contributed by atoms with Gasteiger partial charge in [0.1, 0.15) is 0 Å². The highest BCUT2D eigenvalue weighted by Crippen LogP contribution is 2.47. The fourth-order valence-electron chi connectivity index (χ4n) is 1.79. The quantitative estimate of drug-likeness (QED) is 0.761. The Kier molecular flexibility index (Phi) is 1.97. The molecule has 1 nitrogen and oxygen atoms in total. The van der Waals surface area contributed by atoms with Crippen molar-refractivity contribution in [2.45, 2.75) is 25.2 Å². The van der Waals surface area contributed by atoms with Crippen molar-refractivity contribution < 1.29 is 0 Å². The molecular formula is C10H15NS. The van der Waals surface area contributed by atoms with Gasteiger partial charge in [-0.3, -0.25) is 0 Å². The molecule has 2 N–H and O–H groups in total. The van der Waals surface area contributed by atoms with Gasteiger partial charge in [0.05, 0.1) is 0 Å². The second kappa shape index (κ2) is 2.86. The predicted octanol–water partition coefficient (Wildman–Crippen LogP) is 2.37. The van der Waals surface area contributed by atoms with Crippen molar-refractivity contribution in [2.24, 2.45) is 11.7 Å². The molecule has 2 heteroatoms. The summed E-state index contributed by atoms with van der Waals surface area (Å²) in [5.74, 6) is 0.848. The summed E-state index contributed by atoms with van der Waals surface area (Å²) in [5, 5.41) is 2.14. The molecule has 1 fully saturated rings. The Hall–Kier alpha value is -0.340. The van der Waals surface area contributed by atoms with Crippen molar-refractivity contribution in [1.82, 2.24) is 0 Å². The number of rotatable bonds is 3. The molecular weight excluding hydrogens is 166 g/mol. The van der Waals surface area contributed by atoms with E-state index < -0.39 is 0 Å². The Bertz CT molecular complexity index is 251. The maximum absolute atomic E-state index is 5.85. The predicted molar refractivity (Wildman–Crippen MR) is 53.4 cm³/mol. The molecule has 0 amide bonds. The zero-order valence-corrected chi connectivity index (χ0v) is 8.23. The molecule has 0 saturated heterocycles. The van der Waals surface area contributed by atoms with E-state index in [4.69, 9.17) is 5.73 Å². The summed E-state index contributed by atoms with van der Waals surface area (Å²) in [5.41, 5.74) is 6.12. The first-order chi connectivity index (χ1) is 5.77. The molecule has 2 rings (SSSR count). The molecule has 0 spiro atoms. The molecule has 1 aromatic rings. The van der Waals surface area contributed by atoms with Crippen LogP contribution in [0.2, 0.25) is 0 Å². The lowest BCUT2D eigenvalue weighted by Crippen LogP contribution is -2.33. The van der Waals surface area contributed by atoms with Gasteiger partial charge in [-0.15, -0.1) is 11.3 Å². The monoisotopic (exact) mass is 181 g/mol. The SMILES string of the molecule is CC(CN)(c1cccs1)C1CC1. The van der Waals surface area contributed by atoms with Crippen molar-refractivity contribution in [3.8, 4) is 0 Å². The van der Waals surface area contributed by atoms with Crippen LogP contribution in [0.15, 0.2) is 17.5 Å². The van der Waals surface area contributed by atoms with Gasteiger partial charge in [-0.25, -0.2) is 0 Å². The second-order valence-electron chi connectivity index (χ2n) is 3.87. The zero-order valence-electron chi connectivity index (χ0n) is 7.42. The van der Waals surface area contributed by atoms with E-state index >= 15 is 0 Å². The van der Waals surface area contributed by atoms with Gasteiger partial charge >= 0.3 is 0 Å². The topological polar surface area (TPSA) is 26.0 Å². The Morgan fingerprint density at radius 3 is 2.83 bits per heavy atom. The van der Waals surface area contributed by atoms with E-state index in [1.54, 1.807) is 0 Å². The van der Waals surface area contributed by atoms with Crippen LogP contribution in [-0.2, 0) is 5.41 Å². The molecule has 0 bridgehead atoms. The molecule has 1 heterocycles. The fourth-order valence-corrected chi connectivity index (χ4v) is 2.77. The minimum absolute atomic E-state index is 0.272. The standard InChI is InChI=1S/C10H15NS/c1-10(7-11,8-4-5-8)9-3-2-6-12-9/h2-3,6,8H,4-5,7,11H2,1H3. The summed E-state index contributed by atoms with van der Waals surface area (Å²) in [6.07, 6.45) is 2.73. The van der Waals surface area contributed by atoms with Gasteiger partial charge < -0.3 is 5.73 Å². The van der Waals surface area contributed by atoms with Crippen LogP contribution < -0.4 is 5.73 Å². The minimum Gasteiger partial charge on any atom is -0.330 e. The Morgan fingerprint density at radius 1 is 1.67 bits per heavy atom. The molecule has 66 valence electrons. The van der Waals surface area contributed by atoms with E-state index in [9.17, 15) is 0 Å². The number of hydrogen-bond acceptors (Lipinski definition) is 2. The van der Waals surface area contributed by atoms with Crippen LogP contribution in [0.25, 0.3) is 0 Å². The van der Waals surface area contributed by atoms with Crippen LogP contribution >= 0.6 is 11.3 Å². The third kappa shape index (κ3) is 1.19. The van der Waals surface area contributed by atoms with Gasteiger partial charge in [0, 0.05) is 16.8 Å². The lowest BCUT2D eigenvalue weighted by atomic mass is 9.83. The van der Waals surface area contributed by atoms with E-state index in [-0.39, 0.29) is 5.41 Å². The summed E-state index contributed by atoms with van der Waals surface area (Å²) >= 11 is 1.84. The highest BCUT2D eigenvalue weighted by atomic mass is 32.1. The minimum atomic E-state index is 0.272. The van der Waals surface area contributed by atoms with E-state index in [0.717, 1.165) is 12.5 Å². The van der Waals surface area contributed by atoms with Crippen LogP contribution in [0.5, 0.6) is 0 Å². The molecule has 0 aliphatic heterocycles. The highest BCUT2D eigenvalue weighted by Gasteiger charge is 2.42. The molecule has 1 aliphatic carbocycles. The first-order valence-electron chi connectivity index (χ1n) is 4.51. The van der Waals surface area contributed by atoms with Gasteiger partial charge in [-0.1, -0.05) is 13.0 Å². The van der Waals surface area contributed by atoms with Crippen molar-refractivity contribution in [3.05, 3.63) is 22.4 Å². The lowest BCUT2D eigenvalue weighted by molar-refractivity contribution is 0.429. The largest absolute Gasteiger partial charge is 0.330 e. The van der Waals surface area contributed by atoms with Crippen molar-refractivity contribution in [2.75, 3.05) is 6.54 Å². The lowest BCUT2D eigenvalue weighted by Gasteiger charge is -2.26. The third-order valence-corrected chi connectivity index (χ3v) is 4.14. The van der Waals surface area contributed by atoms with Gasteiger partial charge in [-0.2, -0.15) is 0 Å². The molecule has 0 radical (unpaired) electrons. The molecule has 1 saturated carbocycles. The Balaban J connectivity index is 2.27. The van der Waals surface area contributed by atoms with E-state index in [2.05, 4.69) is 24.4 Å². The summed E-state index contributed by atoms with van der Waals surface area (Å²) in [6.45, 7) is 3.09. The fraction of sp³-hybridized carbons (Fsp3) is 0.600. The smallest absolute Gasteiger partial charge is 0.0169 e. The zero-order chi connectivity index (χ0) is 8.60. The Labute approximate surface area is 77.6 Å². The first kappa shape index (κ1) is 8.27. The normalized spacial score (nSPS) is 22.2. The molecule has 1 atom stereocenters. The number of thiophene rings is 1. The van der Waals surface area contributed by atoms with Crippen LogP contribution in [0.1, 0.15) is 24.6 Å². The van der Waals surface area contributed by atoms with Gasteiger partial charge in [0.25, 0.3) is 0 Å². The molecule has 1 aliphatic rings. The van der Waals surface area contributed by atoms with Crippen LogP contribution in [-0.4, -0.2) is 6.54 Å². The summed E-state index contributed by atoms with van der Waals surface area (Å²) < 4.78 is 0. The average molecular weight is 181 g/mol. The third-order valence-electron chi connectivity index (χ3n) is 2.99. The maximum Gasteiger partial charge on any atom is 0.0169 e. The summed E-state index contributed by atoms with van der Waals surface area (Å²) in [4.78, 5) is 1.47. The van der Waals surface area contributed by atoms with E-state index in [1.165, 1.54) is 17.7 Å². The molecule has 12 heavy (non-hydrogen) atoms. The highest BCUT2D eigenvalue weighted by molar-refractivity contribution is 7.10. The molecule has 0 aromatic carbocycles. The summed E-state index contributed by atoms with van der Waals surface area (Å²) in [6, 6.07) is 4.34. The van der Waals surface area contributed by atoms with Gasteiger partial charge in [-0.05, 0) is 30.2 Å². The molecule has 1 unspecified atom stereocenters. The van der Waals surface area contributed by atoms with Gasteiger partial charge in [0.2, 0.25) is 0 Å². The van der Waals surface area contributed by atoms with E-state index in [1.807, 2.05) is 11.3 Å². The van der Waals surface area contributed by atoms with E-state index in [0.29, 0.717) is 0 Å². The molecule has 1 aromatic heterocycles. The average Bonchev–Trinajstić information content (AvgIpc) is 2.80.